The second kappa shape index (κ2) is 13.8. The lowest BCUT2D eigenvalue weighted by Crippen LogP contribution is -2.31. The number of aromatic nitrogens is 1. The van der Waals surface area contributed by atoms with Crippen molar-refractivity contribution in [1.29, 1.82) is 0 Å². The Morgan fingerprint density at radius 1 is 0.915 bits per heavy atom. The van der Waals surface area contributed by atoms with Gasteiger partial charge in [0.25, 0.3) is 0 Å². The SMILES string of the molecule is COc1cc2c(c(OC)c1OC)-c1ccc(NCCCC(=O)NC3CCCc4c3[nH]c3ccccc43)c(=O)cc1[C@H](NC(C)=O)CC2. The minimum atomic E-state index is -0.384. The lowest BCUT2D eigenvalue weighted by atomic mass is 9.91. The minimum absolute atomic E-state index is 0.0118. The number of hydrogen-bond acceptors (Lipinski definition) is 7. The van der Waals surface area contributed by atoms with E-state index in [1.165, 1.54) is 17.9 Å². The fraction of sp³-hybridized carbons (Fsp3) is 0.378. The summed E-state index contributed by atoms with van der Waals surface area (Å²) in [5.74, 6) is 1.31. The highest BCUT2D eigenvalue weighted by atomic mass is 16.5. The third-order valence-electron chi connectivity index (χ3n) is 9.26. The molecule has 1 heterocycles. The zero-order chi connectivity index (χ0) is 33.1. The van der Waals surface area contributed by atoms with Gasteiger partial charge in [0.2, 0.25) is 23.0 Å². The zero-order valence-electron chi connectivity index (χ0n) is 27.4. The standard InChI is InChI=1S/C37H42N4O6/c1-21(42)39-28-16-14-22-19-32(45-2)36(46-3)37(47-4)34(22)24-15-17-29(31(43)20-26(24)28)38-18-8-13-33(44)40-30-12-7-10-25-23-9-5-6-11-27(23)41-35(25)30/h5-6,9,11,15,17,19-20,28,30,41H,7-8,10,12-14,16,18H2,1-4H3,(H,38,43)(H,39,42)(H,40,44)/t28-,30?/m1/s1. The molecule has 2 atom stereocenters. The maximum absolute atomic E-state index is 13.6. The lowest BCUT2D eigenvalue weighted by Gasteiger charge is -2.24. The molecule has 4 aromatic rings. The number of fused-ring (bicyclic) bond motifs is 6. The van der Waals surface area contributed by atoms with Crippen molar-refractivity contribution in [3.63, 3.8) is 0 Å². The monoisotopic (exact) mass is 638 g/mol. The Bertz CT molecular complexity index is 1880. The normalized spacial score (nSPS) is 16.6. The van der Waals surface area contributed by atoms with E-state index in [1.54, 1.807) is 33.5 Å². The molecule has 3 aromatic carbocycles. The molecule has 1 aromatic heterocycles. The smallest absolute Gasteiger partial charge is 0.220 e. The first-order valence-corrected chi connectivity index (χ1v) is 16.2. The fourth-order valence-corrected chi connectivity index (χ4v) is 7.15. The Kier molecular flexibility index (Phi) is 9.38. The maximum atomic E-state index is 13.6. The van der Waals surface area contributed by atoms with Crippen LogP contribution in [-0.2, 0) is 22.4 Å². The van der Waals surface area contributed by atoms with E-state index in [2.05, 4.69) is 33.1 Å². The number of anilines is 1. The molecule has 0 spiro atoms. The Morgan fingerprint density at radius 3 is 2.49 bits per heavy atom. The summed E-state index contributed by atoms with van der Waals surface area (Å²) in [6.45, 7) is 1.92. The molecule has 1 unspecified atom stereocenters. The summed E-state index contributed by atoms with van der Waals surface area (Å²) in [5.41, 5.74) is 6.96. The van der Waals surface area contributed by atoms with Gasteiger partial charge in [-0.25, -0.2) is 0 Å². The zero-order valence-corrected chi connectivity index (χ0v) is 27.4. The van der Waals surface area contributed by atoms with Crippen molar-refractivity contribution in [2.75, 3.05) is 33.2 Å². The number of hydrogen-bond donors (Lipinski definition) is 4. The number of carbonyl (C=O) groups is 2. The van der Waals surface area contributed by atoms with Crippen LogP contribution < -0.4 is 35.6 Å². The van der Waals surface area contributed by atoms with Crippen LogP contribution in [0, 0.1) is 0 Å². The summed E-state index contributed by atoms with van der Waals surface area (Å²) in [6, 6.07) is 15.0. The molecule has 0 saturated heterocycles. The predicted molar refractivity (Wildman–Crippen MR) is 183 cm³/mol. The number of rotatable bonds is 10. The van der Waals surface area contributed by atoms with Gasteiger partial charge in [-0.15, -0.1) is 0 Å². The van der Waals surface area contributed by atoms with Gasteiger partial charge in [0.15, 0.2) is 11.5 Å². The van der Waals surface area contributed by atoms with Crippen molar-refractivity contribution in [2.45, 2.75) is 64.0 Å². The largest absolute Gasteiger partial charge is 0.493 e. The Balaban J connectivity index is 1.20. The van der Waals surface area contributed by atoms with Gasteiger partial charge in [0.1, 0.15) is 0 Å². The number of amides is 2. The number of nitrogens with one attached hydrogen (secondary N) is 4. The molecule has 2 aliphatic rings. The van der Waals surface area contributed by atoms with Crippen molar-refractivity contribution in [1.82, 2.24) is 15.6 Å². The van der Waals surface area contributed by atoms with Crippen molar-refractivity contribution >= 4 is 28.4 Å². The fourth-order valence-electron chi connectivity index (χ4n) is 7.15. The van der Waals surface area contributed by atoms with Crippen molar-refractivity contribution in [3.05, 3.63) is 81.1 Å². The Hall–Kier alpha value is -4.99. The highest BCUT2D eigenvalue weighted by Gasteiger charge is 2.30. The van der Waals surface area contributed by atoms with E-state index in [1.807, 2.05) is 24.3 Å². The van der Waals surface area contributed by atoms with E-state index >= 15 is 0 Å². The first-order valence-electron chi connectivity index (χ1n) is 16.2. The maximum Gasteiger partial charge on any atom is 0.220 e. The molecular formula is C37H42N4O6. The first-order chi connectivity index (χ1) is 22.8. The van der Waals surface area contributed by atoms with Crippen LogP contribution in [0.3, 0.4) is 0 Å². The molecule has 0 saturated carbocycles. The average molecular weight is 639 g/mol. The van der Waals surface area contributed by atoms with Gasteiger partial charge >= 0.3 is 0 Å². The predicted octanol–water partition coefficient (Wildman–Crippen LogP) is 5.73. The van der Waals surface area contributed by atoms with Crippen LogP contribution in [0.1, 0.15) is 73.5 Å². The van der Waals surface area contributed by atoms with E-state index in [0.29, 0.717) is 60.7 Å². The van der Waals surface area contributed by atoms with E-state index in [4.69, 9.17) is 14.2 Å². The number of H-pyrrole nitrogens is 1. The van der Waals surface area contributed by atoms with Crippen LogP contribution in [-0.4, -0.2) is 44.7 Å². The summed E-state index contributed by atoms with van der Waals surface area (Å²) in [4.78, 5) is 42.3. The third kappa shape index (κ3) is 6.37. The third-order valence-corrected chi connectivity index (χ3v) is 9.26. The van der Waals surface area contributed by atoms with Gasteiger partial charge in [-0.3, -0.25) is 14.4 Å². The van der Waals surface area contributed by atoms with E-state index in [9.17, 15) is 14.4 Å². The Morgan fingerprint density at radius 2 is 1.72 bits per heavy atom. The summed E-state index contributed by atoms with van der Waals surface area (Å²) >= 11 is 0. The molecule has 10 nitrogen and oxygen atoms in total. The molecule has 4 N–H and O–H groups in total. The molecule has 6 rings (SSSR count). The van der Waals surface area contributed by atoms with Gasteiger partial charge in [-0.05, 0) is 85.0 Å². The number of para-hydroxylation sites is 1. The number of carbonyl (C=O) groups excluding carboxylic acids is 2. The van der Waals surface area contributed by atoms with Crippen LogP contribution in [0.5, 0.6) is 17.2 Å². The number of ether oxygens (including phenoxy) is 3. The topological polar surface area (TPSA) is 131 Å². The molecule has 2 aliphatic carbocycles. The quantitative estimate of drug-likeness (QED) is 0.163. The highest BCUT2D eigenvalue weighted by molar-refractivity contribution is 5.86. The number of methoxy groups -OCH3 is 3. The number of aryl methyl sites for hydroxylation is 2. The second-order valence-electron chi connectivity index (χ2n) is 12.2. The second-order valence-corrected chi connectivity index (χ2v) is 12.2. The highest BCUT2D eigenvalue weighted by Crippen LogP contribution is 2.50. The van der Waals surface area contributed by atoms with E-state index in [-0.39, 0.29) is 29.3 Å². The van der Waals surface area contributed by atoms with Gasteiger partial charge in [0.05, 0.1) is 39.1 Å². The molecule has 2 amide bonds. The minimum Gasteiger partial charge on any atom is -0.493 e. The van der Waals surface area contributed by atoms with Gasteiger partial charge in [-0.1, -0.05) is 24.3 Å². The Labute approximate surface area is 274 Å². The van der Waals surface area contributed by atoms with Crippen molar-refractivity contribution < 1.29 is 23.8 Å². The van der Waals surface area contributed by atoms with Gasteiger partial charge < -0.3 is 35.1 Å². The molecule has 0 radical (unpaired) electrons. The number of aromatic amines is 1. The molecular weight excluding hydrogens is 596 g/mol. The first kappa shape index (κ1) is 32.0. The average Bonchev–Trinajstić information content (AvgIpc) is 3.30. The summed E-state index contributed by atoms with van der Waals surface area (Å²) < 4.78 is 17.1. The van der Waals surface area contributed by atoms with Crippen LogP contribution in [0.25, 0.3) is 22.0 Å². The van der Waals surface area contributed by atoms with Gasteiger partial charge in [0, 0.05) is 42.0 Å². The van der Waals surface area contributed by atoms with E-state index in [0.717, 1.165) is 47.2 Å². The molecule has 47 heavy (non-hydrogen) atoms. The summed E-state index contributed by atoms with van der Waals surface area (Å²) in [5, 5.41) is 10.7. The number of benzene rings is 2. The van der Waals surface area contributed by atoms with Crippen molar-refractivity contribution in [2.24, 2.45) is 0 Å². The molecule has 246 valence electrons. The molecule has 0 aliphatic heterocycles. The van der Waals surface area contributed by atoms with E-state index < -0.39 is 0 Å². The summed E-state index contributed by atoms with van der Waals surface area (Å²) in [7, 11) is 4.71. The van der Waals surface area contributed by atoms with Crippen LogP contribution >= 0.6 is 0 Å². The summed E-state index contributed by atoms with van der Waals surface area (Å²) in [6.07, 6.45) is 5.04. The molecule has 0 bridgehead atoms. The van der Waals surface area contributed by atoms with Crippen LogP contribution in [0.2, 0.25) is 0 Å². The van der Waals surface area contributed by atoms with Crippen molar-refractivity contribution in [3.8, 4) is 28.4 Å². The molecule has 0 fully saturated rings. The van der Waals surface area contributed by atoms with Crippen LogP contribution in [0.15, 0.2) is 53.3 Å². The molecule has 10 heteroatoms. The lowest BCUT2D eigenvalue weighted by molar-refractivity contribution is -0.122. The van der Waals surface area contributed by atoms with Crippen LogP contribution in [0.4, 0.5) is 5.69 Å². The van der Waals surface area contributed by atoms with Gasteiger partial charge in [-0.2, -0.15) is 0 Å².